The van der Waals surface area contributed by atoms with Crippen LogP contribution in [0.1, 0.15) is 22.5 Å². The molecule has 6 nitrogen and oxygen atoms in total. The average molecular weight is 255 g/mol. The molecular weight excluding hydrogens is 242 g/mol. The van der Waals surface area contributed by atoms with Crippen LogP contribution in [-0.2, 0) is 6.54 Å². The van der Waals surface area contributed by atoms with Crippen LogP contribution in [-0.4, -0.2) is 27.0 Å². The molecule has 1 amide bonds. The number of hydrogen-bond acceptors (Lipinski definition) is 4. The molecule has 2 heterocycles. The summed E-state index contributed by atoms with van der Waals surface area (Å²) in [4.78, 5) is 19.6. The SMILES string of the molecule is N#Cc1ccc(C(=O)NCCCn2ccnc2)nc1. The van der Waals surface area contributed by atoms with E-state index in [9.17, 15) is 4.79 Å². The van der Waals surface area contributed by atoms with Gasteiger partial charge in [-0.2, -0.15) is 5.26 Å². The number of nitrogens with zero attached hydrogens (tertiary/aromatic N) is 4. The van der Waals surface area contributed by atoms with Gasteiger partial charge in [0, 0.05) is 31.7 Å². The highest BCUT2D eigenvalue weighted by Gasteiger charge is 2.05. The van der Waals surface area contributed by atoms with E-state index in [4.69, 9.17) is 5.26 Å². The molecular formula is C13H13N5O. The normalized spacial score (nSPS) is 9.84. The van der Waals surface area contributed by atoms with Gasteiger partial charge in [0.25, 0.3) is 5.91 Å². The Balaban J connectivity index is 1.76. The Bertz CT molecular complexity index is 568. The lowest BCUT2D eigenvalue weighted by Gasteiger charge is -2.05. The molecule has 0 bridgehead atoms. The van der Waals surface area contributed by atoms with E-state index in [1.165, 1.54) is 6.20 Å². The summed E-state index contributed by atoms with van der Waals surface area (Å²) in [6.45, 7) is 1.37. The van der Waals surface area contributed by atoms with Crippen molar-refractivity contribution in [2.75, 3.05) is 6.54 Å². The molecule has 0 saturated carbocycles. The standard InChI is InChI=1S/C13H13N5O/c14-8-11-2-3-12(17-9-11)13(19)16-4-1-6-18-7-5-15-10-18/h2-3,5,7,9-10H,1,4,6H2,(H,16,19). The molecule has 2 aromatic heterocycles. The first-order valence-corrected chi connectivity index (χ1v) is 5.89. The van der Waals surface area contributed by atoms with Crippen LogP contribution in [0.25, 0.3) is 0 Å². The van der Waals surface area contributed by atoms with Gasteiger partial charge in [-0.3, -0.25) is 4.79 Å². The molecule has 0 aliphatic heterocycles. The zero-order chi connectivity index (χ0) is 13.5. The van der Waals surface area contributed by atoms with E-state index in [1.807, 2.05) is 16.8 Å². The topological polar surface area (TPSA) is 83.6 Å². The van der Waals surface area contributed by atoms with Crippen molar-refractivity contribution in [1.82, 2.24) is 19.9 Å². The number of nitriles is 1. The molecule has 0 spiro atoms. The lowest BCUT2D eigenvalue weighted by Crippen LogP contribution is -2.26. The van der Waals surface area contributed by atoms with Gasteiger partial charge in [0.2, 0.25) is 0 Å². The van der Waals surface area contributed by atoms with E-state index >= 15 is 0 Å². The van der Waals surface area contributed by atoms with Gasteiger partial charge in [-0.15, -0.1) is 0 Å². The zero-order valence-corrected chi connectivity index (χ0v) is 10.3. The number of pyridine rings is 1. The van der Waals surface area contributed by atoms with Crippen LogP contribution in [0.2, 0.25) is 0 Å². The van der Waals surface area contributed by atoms with E-state index < -0.39 is 0 Å². The molecule has 0 saturated heterocycles. The number of amides is 1. The van der Waals surface area contributed by atoms with E-state index in [-0.39, 0.29) is 5.91 Å². The second kappa shape index (κ2) is 6.31. The monoisotopic (exact) mass is 255 g/mol. The fraction of sp³-hybridized carbons (Fsp3) is 0.231. The van der Waals surface area contributed by atoms with Gasteiger partial charge in [0.15, 0.2) is 0 Å². The average Bonchev–Trinajstić information content (AvgIpc) is 2.96. The lowest BCUT2D eigenvalue weighted by atomic mass is 10.2. The summed E-state index contributed by atoms with van der Waals surface area (Å²) in [6, 6.07) is 5.08. The van der Waals surface area contributed by atoms with Crippen LogP contribution < -0.4 is 5.32 Å². The van der Waals surface area contributed by atoms with Crippen molar-refractivity contribution in [2.45, 2.75) is 13.0 Å². The molecule has 2 rings (SSSR count). The van der Waals surface area contributed by atoms with Gasteiger partial charge in [0.1, 0.15) is 11.8 Å². The number of rotatable bonds is 5. The highest BCUT2D eigenvalue weighted by molar-refractivity contribution is 5.92. The predicted octanol–water partition coefficient (Wildman–Crippen LogP) is 0.970. The quantitative estimate of drug-likeness (QED) is 0.807. The van der Waals surface area contributed by atoms with Gasteiger partial charge in [-0.05, 0) is 18.6 Å². The van der Waals surface area contributed by atoms with E-state index in [1.54, 1.807) is 24.7 Å². The molecule has 1 N–H and O–H groups in total. The summed E-state index contributed by atoms with van der Waals surface area (Å²) < 4.78 is 1.95. The van der Waals surface area contributed by atoms with Gasteiger partial charge in [-0.1, -0.05) is 0 Å². The summed E-state index contributed by atoms with van der Waals surface area (Å²) >= 11 is 0. The summed E-state index contributed by atoms with van der Waals surface area (Å²) in [6.07, 6.45) is 7.55. The Kier molecular flexibility index (Phi) is 4.24. The molecule has 0 aliphatic carbocycles. The second-order valence-corrected chi connectivity index (χ2v) is 3.95. The minimum absolute atomic E-state index is 0.227. The maximum absolute atomic E-state index is 11.7. The Labute approximate surface area is 110 Å². The summed E-state index contributed by atoms with van der Waals surface area (Å²) in [5.41, 5.74) is 0.762. The highest BCUT2D eigenvalue weighted by Crippen LogP contribution is 1.98. The lowest BCUT2D eigenvalue weighted by molar-refractivity contribution is 0.0948. The van der Waals surface area contributed by atoms with Crippen LogP contribution in [0, 0.1) is 11.3 Å². The molecule has 0 radical (unpaired) electrons. The first-order chi connectivity index (χ1) is 9.29. The van der Waals surface area contributed by atoms with E-state index in [0.29, 0.717) is 17.8 Å². The number of imidazole rings is 1. The molecule has 19 heavy (non-hydrogen) atoms. The third-order valence-corrected chi connectivity index (χ3v) is 2.56. The summed E-state index contributed by atoms with van der Waals surface area (Å²) in [5, 5.41) is 11.4. The Morgan fingerprint density at radius 1 is 1.47 bits per heavy atom. The summed E-state index contributed by atoms with van der Waals surface area (Å²) in [5.74, 6) is -0.227. The Hall–Kier alpha value is -2.68. The van der Waals surface area contributed by atoms with Crippen molar-refractivity contribution in [3.05, 3.63) is 48.3 Å². The van der Waals surface area contributed by atoms with Crippen LogP contribution in [0.15, 0.2) is 37.1 Å². The van der Waals surface area contributed by atoms with Gasteiger partial charge >= 0.3 is 0 Å². The largest absolute Gasteiger partial charge is 0.351 e. The Morgan fingerprint density at radius 2 is 2.37 bits per heavy atom. The minimum atomic E-state index is -0.227. The second-order valence-electron chi connectivity index (χ2n) is 3.95. The number of nitrogens with one attached hydrogen (secondary N) is 1. The number of hydrogen-bond donors (Lipinski definition) is 1. The first-order valence-electron chi connectivity index (χ1n) is 5.89. The maximum atomic E-state index is 11.7. The minimum Gasteiger partial charge on any atom is -0.351 e. The van der Waals surface area contributed by atoms with Crippen molar-refractivity contribution in [3.8, 4) is 6.07 Å². The number of aromatic nitrogens is 3. The highest BCUT2D eigenvalue weighted by atomic mass is 16.1. The van der Waals surface area contributed by atoms with Crippen LogP contribution in [0.5, 0.6) is 0 Å². The molecule has 0 atom stereocenters. The molecule has 0 fully saturated rings. The Morgan fingerprint density at radius 3 is 3.00 bits per heavy atom. The van der Waals surface area contributed by atoms with Gasteiger partial charge < -0.3 is 9.88 Å². The molecule has 0 aromatic carbocycles. The third-order valence-electron chi connectivity index (χ3n) is 2.56. The third kappa shape index (κ3) is 3.64. The molecule has 2 aromatic rings. The molecule has 6 heteroatoms. The number of carbonyl (C=O) groups excluding carboxylic acids is 1. The van der Waals surface area contributed by atoms with E-state index in [0.717, 1.165) is 13.0 Å². The molecule has 0 aliphatic rings. The number of aryl methyl sites for hydroxylation is 1. The van der Waals surface area contributed by atoms with Crippen LogP contribution in [0.3, 0.4) is 0 Å². The first kappa shape index (κ1) is 12.8. The van der Waals surface area contributed by atoms with Gasteiger partial charge in [-0.25, -0.2) is 9.97 Å². The van der Waals surface area contributed by atoms with Crippen LogP contribution in [0.4, 0.5) is 0 Å². The fourth-order valence-corrected chi connectivity index (χ4v) is 1.57. The van der Waals surface area contributed by atoms with Gasteiger partial charge in [0.05, 0.1) is 11.9 Å². The van der Waals surface area contributed by atoms with Crippen molar-refractivity contribution in [3.63, 3.8) is 0 Å². The zero-order valence-electron chi connectivity index (χ0n) is 10.3. The smallest absolute Gasteiger partial charge is 0.269 e. The predicted molar refractivity (Wildman–Crippen MR) is 68.1 cm³/mol. The summed E-state index contributed by atoms with van der Waals surface area (Å²) in [7, 11) is 0. The maximum Gasteiger partial charge on any atom is 0.269 e. The number of carbonyl (C=O) groups is 1. The van der Waals surface area contributed by atoms with Crippen molar-refractivity contribution < 1.29 is 4.79 Å². The molecule has 0 unspecified atom stereocenters. The van der Waals surface area contributed by atoms with E-state index in [2.05, 4.69) is 15.3 Å². The van der Waals surface area contributed by atoms with Crippen molar-refractivity contribution in [2.24, 2.45) is 0 Å². The fourth-order valence-electron chi connectivity index (χ4n) is 1.57. The van der Waals surface area contributed by atoms with Crippen LogP contribution >= 0.6 is 0 Å². The molecule has 96 valence electrons. The van der Waals surface area contributed by atoms with Crippen molar-refractivity contribution in [1.29, 1.82) is 5.26 Å². The van der Waals surface area contributed by atoms with Crippen molar-refractivity contribution >= 4 is 5.91 Å².